The van der Waals surface area contributed by atoms with E-state index in [2.05, 4.69) is 81.4 Å². The Hall–Kier alpha value is -3.62. The van der Waals surface area contributed by atoms with Crippen molar-refractivity contribution >= 4 is 39.5 Å². The van der Waals surface area contributed by atoms with Crippen molar-refractivity contribution in [2.75, 3.05) is 0 Å². The molecule has 0 spiro atoms. The Labute approximate surface area is 199 Å². The molecule has 3 aromatic carbocycles. The van der Waals surface area contributed by atoms with E-state index in [1.807, 2.05) is 12.2 Å². The summed E-state index contributed by atoms with van der Waals surface area (Å²) in [5, 5.41) is 4.72. The Kier molecular flexibility index (Phi) is 5.19. The van der Waals surface area contributed by atoms with Crippen molar-refractivity contribution in [2.45, 2.75) is 20.3 Å². The van der Waals surface area contributed by atoms with Gasteiger partial charge >= 0.3 is 0 Å². The molecule has 5 rings (SSSR count). The maximum absolute atomic E-state index is 6.74. The van der Waals surface area contributed by atoms with E-state index < -0.39 is 0 Å². The van der Waals surface area contributed by atoms with Crippen molar-refractivity contribution in [1.82, 2.24) is 0 Å². The van der Waals surface area contributed by atoms with E-state index in [0.29, 0.717) is 5.70 Å². The standard InChI is InChI=1S/C31H27NS/c1-6-11-24(32)28-20(8-3)26(18(4)7-2)31(25-14-10-17-33-25)30-23-16-15-19(5)21-12-9-13-22(27(21)23)29(28)30/h6,8-17H,1,3-4,7,32H2,2,5H3/b24-11-. The lowest BCUT2D eigenvalue weighted by molar-refractivity contribution is 1.24. The fourth-order valence-electron chi connectivity index (χ4n) is 5.20. The van der Waals surface area contributed by atoms with Crippen molar-refractivity contribution in [3.05, 3.63) is 102 Å². The molecule has 1 heterocycles. The third-order valence-electron chi connectivity index (χ3n) is 6.67. The van der Waals surface area contributed by atoms with Gasteiger partial charge in [0.05, 0.1) is 0 Å². The summed E-state index contributed by atoms with van der Waals surface area (Å²) in [6.45, 7) is 16.9. The molecule has 1 nitrogen and oxygen atoms in total. The number of benzene rings is 3. The Balaban J connectivity index is 2.11. The lowest BCUT2D eigenvalue weighted by Crippen LogP contribution is -2.06. The number of hydrogen-bond donors (Lipinski definition) is 1. The van der Waals surface area contributed by atoms with Gasteiger partial charge in [0.15, 0.2) is 0 Å². The first-order chi connectivity index (χ1) is 16.0. The Morgan fingerprint density at radius 3 is 2.42 bits per heavy atom. The molecule has 1 aromatic heterocycles. The molecule has 1 aliphatic carbocycles. The molecule has 0 atom stereocenters. The SMILES string of the molecule is C=C/C=C(\N)c1c(C=C)c(C(=C)CC)c(-c2cccs2)c2c1-c1cccc3c(C)ccc-2c13. The number of aryl methyl sites for hydroxylation is 1. The fraction of sp³-hybridized carbons (Fsp3) is 0.0968. The van der Waals surface area contributed by atoms with Crippen molar-refractivity contribution in [2.24, 2.45) is 5.73 Å². The van der Waals surface area contributed by atoms with Crippen LogP contribution in [0.1, 0.15) is 35.6 Å². The maximum Gasteiger partial charge on any atom is 0.0400 e. The minimum Gasteiger partial charge on any atom is -0.398 e. The Bertz CT molecular complexity index is 1500. The first-order valence-electron chi connectivity index (χ1n) is 11.2. The van der Waals surface area contributed by atoms with E-state index in [4.69, 9.17) is 5.73 Å². The minimum atomic E-state index is 0.695. The quantitative estimate of drug-likeness (QED) is 0.259. The van der Waals surface area contributed by atoms with E-state index in [1.54, 1.807) is 17.4 Å². The molecule has 33 heavy (non-hydrogen) atoms. The zero-order valence-electron chi connectivity index (χ0n) is 19.2. The van der Waals surface area contributed by atoms with E-state index in [1.165, 1.54) is 49.0 Å². The first kappa shape index (κ1) is 21.2. The molecule has 0 saturated carbocycles. The van der Waals surface area contributed by atoms with E-state index >= 15 is 0 Å². The van der Waals surface area contributed by atoms with Gasteiger partial charge in [-0.2, -0.15) is 0 Å². The van der Waals surface area contributed by atoms with Gasteiger partial charge in [-0.05, 0) is 75.0 Å². The lowest BCUT2D eigenvalue weighted by atomic mass is 9.80. The van der Waals surface area contributed by atoms with Gasteiger partial charge in [-0.1, -0.05) is 75.2 Å². The summed E-state index contributed by atoms with van der Waals surface area (Å²) in [4.78, 5) is 1.23. The van der Waals surface area contributed by atoms with Gasteiger partial charge in [-0.15, -0.1) is 11.3 Å². The van der Waals surface area contributed by atoms with Crippen molar-refractivity contribution < 1.29 is 0 Å². The molecular formula is C31H27NS. The zero-order chi connectivity index (χ0) is 23.3. The van der Waals surface area contributed by atoms with Crippen LogP contribution in [0, 0.1) is 6.92 Å². The third kappa shape index (κ3) is 2.98. The summed E-state index contributed by atoms with van der Waals surface area (Å²) < 4.78 is 0. The van der Waals surface area contributed by atoms with Crippen LogP contribution in [0.15, 0.2) is 79.7 Å². The second-order valence-corrected chi connectivity index (χ2v) is 9.39. The summed E-state index contributed by atoms with van der Waals surface area (Å²) in [5.41, 5.74) is 19.2. The fourth-order valence-corrected chi connectivity index (χ4v) is 5.99. The number of fused-ring (bicyclic) bond motifs is 3. The normalized spacial score (nSPS) is 12.1. The monoisotopic (exact) mass is 445 g/mol. The van der Waals surface area contributed by atoms with Gasteiger partial charge in [0.25, 0.3) is 0 Å². The van der Waals surface area contributed by atoms with Gasteiger partial charge in [-0.3, -0.25) is 0 Å². The van der Waals surface area contributed by atoms with Crippen LogP contribution in [0.25, 0.3) is 60.8 Å². The van der Waals surface area contributed by atoms with Gasteiger partial charge in [-0.25, -0.2) is 0 Å². The van der Waals surface area contributed by atoms with E-state index in [0.717, 1.165) is 28.7 Å². The molecular weight excluding hydrogens is 418 g/mol. The highest BCUT2D eigenvalue weighted by Gasteiger charge is 2.33. The van der Waals surface area contributed by atoms with Gasteiger partial charge < -0.3 is 5.73 Å². The second-order valence-electron chi connectivity index (χ2n) is 8.44. The summed E-state index contributed by atoms with van der Waals surface area (Å²) in [5.74, 6) is 0. The molecule has 0 fully saturated rings. The number of rotatable bonds is 6. The number of thiophene rings is 1. The number of allylic oxidation sites excluding steroid dienone is 3. The molecule has 162 valence electrons. The molecule has 0 amide bonds. The van der Waals surface area contributed by atoms with Crippen molar-refractivity contribution in [3.63, 3.8) is 0 Å². The van der Waals surface area contributed by atoms with E-state index in [9.17, 15) is 0 Å². The second kappa shape index (κ2) is 8.06. The van der Waals surface area contributed by atoms with Crippen LogP contribution < -0.4 is 5.73 Å². The van der Waals surface area contributed by atoms with Crippen LogP contribution >= 0.6 is 11.3 Å². The van der Waals surface area contributed by atoms with Gasteiger partial charge in [0.1, 0.15) is 0 Å². The predicted octanol–water partition coefficient (Wildman–Crippen LogP) is 9.08. The summed E-state index contributed by atoms with van der Waals surface area (Å²) in [6.07, 6.45) is 6.43. The smallest absolute Gasteiger partial charge is 0.0400 e. The molecule has 2 heteroatoms. The summed E-state index contributed by atoms with van der Waals surface area (Å²) >= 11 is 1.76. The minimum absolute atomic E-state index is 0.695. The average molecular weight is 446 g/mol. The summed E-state index contributed by atoms with van der Waals surface area (Å²) in [6, 6.07) is 15.4. The van der Waals surface area contributed by atoms with Crippen molar-refractivity contribution in [1.29, 1.82) is 0 Å². The topological polar surface area (TPSA) is 26.0 Å². The molecule has 0 saturated heterocycles. The highest BCUT2D eigenvalue weighted by atomic mass is 32.1. The van der Waals surface area contributed by atoms with Crippen LogP contribution in [0.2, 0.25) is 0 Å². The highest BCUT2D eigenvalue weighted by Crippen LogP contribution is 2.57. The lowest BCUT2D eigenvalue weighted by Gasteiger charge is -2.24. The molecule has 0 aliphatic heterocycles. The first-order valence-corrected chi connectivity index (χ1v) is 12.1. The van der Waals surface area contributed by atoms with Crippen LogP contribution in [0.5, 0.6) is 0 Å². The van der Waals surface area contributed by atoms with Gasteiger partial charge in [0.2, 0.25) is 0 Å². The molecule has 1 aliphatic rings. The van der Waals surface area contributed by atoms with Crippen LogP contribution in [0.4, 0.5) is 0 Å². The van der Waals surface area contributed by atoms with Crippen LogP contribution in [-0.4, -0.2) is 0 Å². The van der Waals surface area contributed by atoms with E-state index in [-0.39, 0.29) is 0 Å². The Morgan fingerprint density at radius 1 is 0.970 bits per heavy atom. The zero-order valence-corrected chi connectivity index (χ0v) is 20.0. The predicted molar refractivity (Wildman–Crippen MR) is 148 cm³/mol. The molecule has 4 aromatic rings. The molecule has 2 N–H and O–H groups in total. The summed E-state index contributed by atoms with van der Waals surface area (Å²) in [7, 11) is 0. The molecule has 0 radical (unpaired) electrons. The third-order valence-corrected chi connectivity index (χ3v) is 7.56. The Morgan fingerprint density at radius 2 is 1.76 bits per heavy atom. The maximum atomic E-state index is 6.74. The number of nitrogens with two attached hydrogens (primary N) is 1. The van der Waals surface area contributed by atoms with Crippen LogP contribution in [0.3, 0.4) is 0 Å². The number of hydrogen-bond acceptors (Lipinski definition) is 2. The largest absolute Gasteiger partial charge is 0.398 e. The highest BCUT2D eigenvalue weighted by molar-refractivity contribution is 7.13. The molecule has 0 unspecified atom stereocenters. The van der Waals surface area contributed by atoms with Gasteiger partial charge in [0, 0.05) is 32.8 Å². The molecule has 0 bridgehead atoms. The van der Waals surface area contributed by atoms with Crippen molar-refractivity contribution in [3.8, 4) is 32.7 Å². The average Bonchev–Trinajstić information content (AvgIpc) is 3.47. The van der Waals surface area contributed by atoms with Crippen LogP contribution in [-0.2, 0) is 0 Å².